The van der Waals surface area contributed by atoms with Crippen LogP contribution in [0.5, 0.6) is 0 Å². The number of anilines is 1. The molecule has 120 valence electrons. The molecule has 0 bridgehead atoms. The molecule has 2 heterocycles. The van der Waals surface area contributed by atoms with Crippen molar-refractivity contribution in [3.8, 4) is 0 Å². The molecule has 0 aliphatic carbocycles. The summed E-state index contributed by atoms with van der Waals surface area (Å²) in [4.78, 5) is 1.24. The molecule has 0 radical (unpaired) electrons. The highest BCUT2D eigenvalue weighted by atomic mass is 32.1. The second-order valence-electron chi connectivity index (χ2n) is 5.23. The summed E-state index contributed by atoms with van der Waals surface area (Å²) < 4.78 is 1.82. The van der Waals surface area contributed by atoms with Gasteiger partial charge in [-0.25, -0.2) is 0 Å². The number of aromatic nitrogens is 1. The van der Waals surface area contributed by atoms with E-state index in [-0.39, 0.29) is 5.76 Å². The lowest BCUT2D eigenvalue weighted by Gasteiger charge is -2.11. The topological polar surface area (TPSA) is 36.1 Å². The number of benzene rings is 1. The first kappa shape index (κ1) is 16.4. The van der Waals surface area contributed by atoms with Gasteiger partial charge >= 0.3 is 0 Å². The normalized spacial score (nSPS) is 11.7. The third-order valence-corrected chi connectivity index (χ3v) is 4.73. The van der Waals surface area contributed by atoms with E-state index in [9.17, 15) is 5.11 Å². The van der Waals surface area contributed by atoms with Crippen molar-refractivity contribution in [1.29, 1.82) is 0 Å². The molecule has 5 heteroatoms. The Bertz CT molecular complexity index is 871. The fourth-order valence-electron chi connectivity index (χ4n) is 2.32. The molecule has 3 aromatic rings. The zero-order valence-electron chi connectivity index (χ0n) is 13.1. The number of rotatable bonds is 4. The van der Waals surface area contributed by atoms with E-state index >= 15 is 0 Å². The minimum absolute atomic E-state index is 0.160. The van der Waals surface area contributed by atoms with Crippen LogP contribution < -0.4 is 9.88 Å². The third-order valence-electron chi connectivity index (χ3n) is 3.56. The van der Waals surface area contributed by atoms with Crippen molar-refractivity contribution in [3.05, 3.63) is 82.8 Å². The monoisotopic (exact) mass is 353 g/mol. The summed E-state index contributed by atoms with van der Waals surface area (Å²) in [7, 11) is 0. The Morgan fingerprint density at radius 3 is 2.46 bits per heavy atom. The van der Waals surface area contributed by atoms with E-state index in [4.69, 9.17) is 12.2 Å². The molecule has 3 rings (SSSR count). The molecule has 0 saturated carbocycles. The summed E-state index contributed by atoms with van der Waals surface area (Å²) in [5.74, 6) is 0.160. The number of hydrogen-bond acceptors (Lipinski definition) is 3. The van der Waals surface area contributed by atoms with E-state index in [1.807, 2.05) is 83.9 Å². The van der Waals surface area contributed by atoms with Crippen LogP contribution in [0.3, 0.4) is 0 Å². The average Bonchev–Trinajstić information content (AvgIpc) is 3.13. The minimum Gasteiger partial charge on any atom is -0.501 e. The van der Waals surface area contributed by atoms with Crippen LogP contribution in [-0.4, -0.2) is 10.1 Å². The molecule has 1 aromatic carbocycles. The van der Waals surface area contributed by atoms with Gasteiger partial charge in [0, 0.05) is 17.8 Å². The molecule has 0 amide bonds. The average molecular weight is 353 g/mol. The van der Waals surface area contributed by atoms with Gasteiger partial charge in [0.15, 0.2) is 17.4 Å². The zero-order valence-corrected chi connectivity index (χ0v) is 14.8. The van der Waals surface area contributed by atoms with Gasteiger partial charge in [0.25, 0.3) is 5.70 Å². The third kappa shape index (κ3) is 3.53. The maximum atomic E-state index is 10.8. The second-order valence-corrected chi connectivity index (χ2v) is 6.58. The van der Waals surface area contributed by atoms with E-state index in [0.717, 1.165) is 16.1 Å². The summed E-state index contributed by atoms with van der Waals surface area (Å²) >= 11 is 7.08. The van der Waals surface area contributed by atoms with Gasteiger partial charge in [0.1, 0.15) is 0 Å². The van der Waals surface area contributed by atoms with Crippen LogP contribution in [0, 0.1) is 6.92 Å². The predicted octanol–water partition coefficient (Wildman–Crippen LogP) is 4.67. The lowest BCUT2D eigenvalue weighted by molar-refractivity contribution is -0.575. The molecule has 2 N–H and O–H groups in total. The largest absolute Gasteiger partial charge is 0.501 e. The van der Waals surface area contributed by atoms with Crippen LogP contribution in [0.1, 0.15) is 10.4 Å². The van der Waals surface area contributed by atoms with Gasteiger partial charge in [-0.05, 0) is 30.0 Å². The molecule has 0 fully saturated rings. The lowest BCUT2D eigenvalue weighted by atomic mass is 10.2. The molecule has 2 aromatic heterocycles. The molecule has 0 unspecified atom stereocenters. The summed E-state index contributed by atoms with van der Waals surface area (Å²) in [5.41, 5.74) is 2.57. The van der Waals surface area contributed by atoms with Crippen molar-refractivity contribution in [2.75, 3.05) is 5.32 Å². The van der Waals surface area contributed by atoms with Gasteiger partial charge in [-0.1, -0.05) is 42.5 Å². The summed E-state index contributed by atoms with van der Waals surface area (Å²) in [6, 6.07) is 17.4. The smallest absolute Gasteiger partial charge is 0.289 e. The predicted molar refractivity (Wildman–Crippen MR) is 104 cm³/mol. The number of aryl methyl sites for hydroxylation is 1. The number of nitrogens with one attached hydrogen (secondary N) is 1. The Kier molecular flexibility index (Phi) is 5.03. The molecule has 0 aliphatic rings. The quantitative estimate of drug-likeness (QED) is 0.310. The first-order valence-corrected chi connectivity index (χ1v) is 8.76. The molecule has 0 spiro atoms. The molecular formula is C19H17N2OS2+. The van der Waals surface area contributed by atoms with Crippen molar-refractivity contribution >= 4 is 45.7 Å². The fraction of sp³-hybridized carbons (Fsp3) is 0.0526. The molecule has 0 atom stereocenters. The van der Waals surface area contributed by atoms with Crippen molar-refractivity contribution in [2.24, 2.45) is 0 Å². The van der Waals surface area contributed by atoms with E-state index in [2.05, 4.69) is 5.32 Å². The van der Waals surface area contributed by atoms with Crippen LogP contribution in [-0.2, 0) is 0 Å². The van der Waals surface area contributed by atoms with Crippen LogP contribution in [0.25, 0.3) is 11.5 Å². The van der Waals surface area contributed by atoms with Crippen molar-refractivity contribution in [3.63, 3.8) is 0 Å². The van der Waals surface area contributed by atoms with Crippen LogP contribution in [0.2, 0.25) is 0 Å². The maximum absolute atomic E-state index is 10.8. The molecular weight excluding hydrogens is 336 g/mol. The van der Waals surface area contributed by atoms with Crippen molar-refractivity contribution < 1.29 is 9.67 Å². The number of thiophene rings is 1. The second kappa shape index (κ2) is 7.38. The molecule has 0 saturated heterocycles. The number of aliphatic hydroxyl groups excluding tert-OH is 1. The van der Waals surface area contributed by atoms with Gasteiger partial charge < -0.3 is 10.4 Å². The van der Waals surface area contributed by atoms with Crippen molar-refractivity contribution in [1.82, 2.24) is 0 Å². The highest BCUT2D eigenvalue weighted by Crippen LogP contribution is 2.23. The van der Waals surface area contributed by atoms with E-state index in [1.165, 1.54) is 11.3 Å². The van der Waals surface area contributed by atoms with Gasteiger partial charge in [-0.2, -0.15) is 4.57 Å². The summed E-state index contributed by atoms with van der Waals surface area (Å²) in [5, 5.41) is 16.0. The highest BCUT2D eigenvalue weighted by Gasteiger charge is 2.24. The van der Waals surface area contributed by atoms with Gasteiger partial charge in [-0.3, -0.25) is 0 Å². The number of hydrogen-bond donors (Lipinski definition) is 2. The van der Waals surface area contributed by atoms with Crippen molar-refractivity contribution in [2.45, 2.75) is 6.92 Å². The zero-order chi connectivity index (χ0) is 16.9. The minimum atomic E-state index is 0.160. The van der Waals surface area contributed by atoms with Crippen LogP contribution in [0.15, 0.2) is 72.4 Å². The van der Waals surface area contributed by atoms with Crippen LogP contribution >= 0.6 is 23.6 Å². The Labute approximate surface area is 150 Å². The van der Waals surface area contributed by atoms with Gasteiger partial charge in [0.2, 0.25) is 5.76 Å². The Morgan fingerprint density at radius 2 is 1.79 bits per heavy atom. The fourth-order valence-corrected chi connectivity index (χ4v) is 3.30. The van der Waals surface area contributed by atoms with E-state index < -0.39 is 0 Å². The number of thiocarbonyl (C=S) groups is 1. The number of aliphatic hydroxyl groups is 1. The number of pyridine rings is 1. The van der Waals surface area contributed by atoms with Gasteiger partial charge in [0.05, 0.1) is 4.88 Å². The Morgan fingerprint density at radius 1 is 1.04 bits per heavy atom. The summed E-state index contributed by atoms with van der Waals surface area (Å²) in [6.45, 7) is 2.02. The van der Waals surface area contributed by atoms with Gasteiger partial charge in [-0.15, -0.1) is 11.3 Å². The first-order chi connectivity index (χ1) is 11.7. The molecule has 3 nitrogen and oxygen atoms in total. The molecule has 0 aliphatic heterocycles. The number of nitrogens with zero attached hydrogens (tertiary/aromatic N) is 1. The molecule has 24 heavy (non-hydrogen) atoms. The van der Waals surface area contributed by atoms with E-state index in [0.29, 0.717) is 10.7 Å². The summed E-state index contributed by atoms with van der Waals surface area (Å²) in [6.07, 6.45) is 3.73. The first-order valence-electron chi connectivity index (χ1n) is 7.47. The van der Waals surface area contributed by atoms with Crippen LogP contribution in [0.4, 0.5) is 5.69 Å². The number of para-hydroxylation sites is 1. The van der Waals surface area contributed by atoms with E-state index in [1.54, 1.807) is 0 Å². The lowest BCUT2D eigenvalue weighted by Crippen LogP contribution is -2.38. The standard InChI is InChI=1S/C19H16N2OS2/c1-14-8-3-4-9-15(14)20-19(23)17(21-11-5-2-6-12-21)18(22)16-10-7-13-24-16/h2-13H,1H3,(H-,20,22,23)/p+1. The Hall–Kier alpha value is -2.50. The SMILES string of the molecule is Cc1ccccc1NC(=S)C(=C(O)c1cccs1)[n+]1ccccc1. The highest BCUT2D eigenvalue weighted by molar-refractivity contribution is 7.81. The Balaban J connectivity index is 2.04. The maximum Gasteiger partial charge on any atom is 0.289 e.